The predicted molar refractivity (Wildman–Crippen MR) is 47.9 cm³/mol. The summed E-state index contributed by atoms with van der Waals surface area (Å²) in [5.41, 5.74) is 0. The van der Waals surface area contributed by atoms with Gasteiger partial charge in [-0.25, -0.2) is 9.53 Å². The van der Waals surface area contributed by atoms with Crippen molar-refractivity contribution in [3.05, 3.63) is 22.6 Å². The van der Waals surface area contributed by atoms with Crippen molar-refractivity contribution < 1.29 is 61.9 Å². The topological polar surface area (TPSA) is 52.6 Å². The molecule has 0 spiro atoms. The molecular formula is C9H3F11O4. The predicted octanol–water partition coefficient (Wildman–Crippen LogP) is 3.81. The van der Waals surface area contributed by atoms with E-state index >= 15 is 0 Å². The highest BCUT2D eigenvalue weighted by molar-refractivity contribution is 4.96. The quantitative estimate of drug-likeness (QED) is 0.701. The van der Waals surface area contributed by atoms with Crippen LogP contribution in [0.3, 0.4) is 0 Å². The number of rotatable bonds is 6. The van der Waals surface area contributed by atoms with Gasteiger partial charge in [-0.3, -0.25) is 0 Å². The normalized spacial score (nSPS) is 15.0. The molecule has 140 valence electrons. The number of halogens is 11. The fourth-order valence-electron chi connectivity index (χ4n) is 1.13. The van der Waals surface area contributed by atoms with Crippen molar-refractivity contribution in [1.82, 2.24) is 0 Å². The lowest BCUT2D eigenvalue weighted by atomic mass is 10.2. The Balaban J connectivity index is 3.07. The van der Waals surface area contributed by atoms with E-state index in [4.69, 9.17) is 0 Å². The van der Waals surface area contributed by atoms with Crippen molar-refractivity contribution in [2.24, 2.45) is 0 Å². The van der Waals surface area contributed by atoms with Crippen LogP contribution in [0.15, 0.2) is 19.9 Å². The molecule has 4 nitrogen and oxygen atoms in total. The molecule has 0 amide bonds. The van der Waals surface area contributed by atoms with Crippen molar-refractivity contribution in [1.29, 1.82) is 0 Å². The molecule has 0 aromatic carbocycles. The van der Waals surface area contributed by atoms with Gasteiger partial charge in [0.2, 0.25) is 0 Å². The summed E-state index contributed by atoms with van der Waals surface area (Å²) < 4.78 is 147. The molecule has 0 aliphatic heterocycles. The van der Waals surface area contributed by atoms with E-state index in [9.17, 15) is 53.1 Å². The lowest BCUT2D eigenvalue weighted by molar-refractivity contribution is -0.495. The van der Waals surface area contributed by atoms with E-state index in [-0.39, 0.29) is 6.26 Å². The Labute approximate surface area is 122 Å². The van der Waals surface area contributed by atoms with Crippen molar-refractivity contribution >= 4 is 0 Å². The SMILES string of the molecule is O=c1occ(CC(F)(F)C(F)(F)OC(F)(F)C(F)(F)C(F)(F)F)o1. The third kappa shape index (κ3) is 3.64. The van der Waals surface area contributed by atoms with Gasteiger partial charge >= 0.3 is 36.1 Å². The first-order valence-corrected chi connectivity index (χ1v) is 5.29. The van der Waals surface area contributed by atoms with E-state index in [0.29, 0.717) is 0 Å². The van der Waals surface area contributed by atoms with Gasteiger partial charge in [0.25, 0.3) is 0 Å². The maximum atomic E-state index is 13.2. The highest BCUT2D eigenvalue weighted by atomic mass is 19.4. The molecule has 0 aliphatic rings. The summed E-state index contributed by atoms with van der Waals surface area (Å²) in [6, 6.07) is 0. The summed E-state index contributed by atoms with van der Waals surface area (Å²) in [7, 11) is 0. The van der Waals surface area contributed by atoms with Crippen molar-refractivity contribution in [3.8, 4) is 0 Å². The van der Waals surface area contributed by atoms with Crippen molar-refractivity contribution in [3.63, 3.8) is 0 Å². The third-order valence-electron chi connectivity index (χ3n) is 2.30. The minimum absolute atomic E-state index is 0.0643. The summed E-state index contributed by atoms with van der Waals surface area (Å²) in [5.74, 6) is -15.9. The zero-order valence-electron chi connectivity index (χ0n) is 10.6. The van der Waals surface area contributed by atoms with Gasteiger partial charge < -0.3 is 8.83 Å². The Morgan fingerprint density at radius 3 is 1.75 bits per heavy atom. The Hall–Kier alpha value is -1.80. The first-order valence-electron chi connectivity index (χ1n) is 5.29. The van der Waals surface area contributed by atoms with E-state index in [1.54, 1.807) is 0 Å². The molecule has 0 fully saturated rings. The largest absolute Gasteiger partial charge is 0.518 e. The average Bonchev–Trinajstić information content (AvgIpc) is 2.70. The number of alkyl halides is 11. The van der Waals surface area contributed by atoms with Crippen molar-refractivity contribution in [2.75, 3.05) is 0 Å². The van der Waals surface area contributed by atoms with E-state index in [1.807, 2.05) is 4.74 Å². The van der Waals surface area contributed by atoms with Gasteiger partial charge in [0.05, 0.1) is 6.42 Å². The maximum Gasteiger partial charge on any atom is 0.518 e. The molecule has 1 heterocycles. The van der Waals surface area contributed by atoms with Crippen LogP contribution in [0.2, 0.25) is 0 Å². The molecule has 0 radical (unpaired) electrons. The van der Waals surface area contributed by atoms with Crippen LogP contribution >= 0.6 is 0 Å². The smallest absolute Gasteiger partial charge is 0.399 e. The minimum Gasteiger partial charge on any atom is -0.399 e. The number of hydrogen-bond donors (Lipinski definition) is 0. The second kappa shape index (κ2) is 5.63. The van der Waals surface area contributed by atoms with Crippen LogP contribution in [0, 0.1) is 0 Å². The average molecular weight is 384 g/mol. The molecule has 0 saturated heterocycles. The lowest BCUT2D eigenvalue weighted by Crippen LogP contribution is -2.58. The van der Waals surface area contributed by atoms with Crippen LogP contribution in [-0.4, -0.2) is 30.2 Å². The fourth-order valence-corrected chi connectivity index (χ4v) is 1.13. The maximum absolute atomic E-state index is 13.2. The van der Waals surface area contributed by atoms with Crippen molar-refractivity contribution in [2.45, 2.75) is 36.7 Å². The zero-order chi connectivity index (χ0) is 19.2. The number of ether oxygens (including phenoxy) is 1. The molecule has 0 N–H and O–H groups in total. The summed E-state index contributed by atoms with van der Waals surface area (Å²) in [5, 5.41) is 0. The lowest BCUT2D eigenvalue weighted by Gasteiger charge is -2.33. The molecule has 1 rings (SSSR count). The van der Waals surface area contributed by atoms with Gasteiger partial charge in [0, 0.05) is 0 Å². The molecule has 24 heavy (non-hydrogen) atoms. The van der Waals surface area contributed by atoms with E-state index < -0.39 is 48.2 Å². The second-order valence-electron chi connectivity index (χ2n) is 4.14. The Morgan fingerprint density at radius 2 is 1.38 bits per heavy atom. The summed E-state index contributed by atoms with van der Waals surface area (Å²) in [6.45, 7) is 0. The Morgan fingerprint density at radius 1 is 0.875 bits per heavy atom. The molecule has 0 unspecified atom stereocenters. The molecule has 15 heteroatoms. The van der Waals surface area contributed by atoms with Crippen LogP contribution in [0.25, 0.3) is 0 Å². The van der Waals surface area contributed by atoms with Crippen LogP contribution in [0.1, 0.15) is 5.76 Å². The first-order chi connectivity index (χ1) is 10.4. The Kier molecular flexibility index (Phi) is 4.75. The second-order valence-corrected chi connectivity index (χ2v) is 4.14. The van der Waals surface area contributed by atoms with Gasteiger partial charge in [0.1, 0.15) is 6.26 Å². The Bertz CT molecular complexity index is 626. The summed E-state index contributed by atoms with van der Waals surface area (Å²) >= 11 is 0. The standard InChI is InChI=1S/C9H3F11O4/c10-5(11,1-3-2-22-4(21)23-3)8(17,18)24-9(19,20)6(12,13)7(14,15)16/h2H,1H2. The van der Waals surface area contributed by atoms with Crippen LogP contribution < -0.4 is 5.82 Å². The third-order valence-corrected chi connectivity index (χ3v) is 2.30. The van der Waals surface area contributed by atoms with E-state index in [0.717, 1.165) is 0 Å². The van der Waals surface area contributed by atoms with E-state index in [1.165, 1.54) is 0 Å². The molecule has 1 aromatic heterocycles. The molecule has 1 aromatic rings. The highest BCUT2D eigenvalue weighted by Gasteiger charge is 2.78. The van der Waals surface area contributed by atoms with Gasteiger partial charge in [-0.15, -0.1) is 0 Å². The number of hydrogen-bond acceptors (Lipinski definition) is 4. The van der Waals surface area contributed by atoms with Gasteiger partial charge in [-0.05, 0) is 0 Å². The minimum atomic E-state index is -7.19. The highest BCUT2D eigenvalue weighted by Crippen LogP contribution is 2.51. The van der Waals surface area contributed by atoms with Gasteiger partial charge in [0.15, 0.2) is 5.76 Å². The van der Waals surface area contributed by atoms with Gasteiger partial charge in [-0.2, -0.15) is 48.3 Å². The molecule has 0 atom stereocenters. The molecular weight excluding hydrogens is 381 g/mol. The molecule has 0 bridgehead atoms. The fraction of sp³-hybridized carbons (Fsp3) is 0.667. The summed E-state index contributed by atoms with van der Waals surface area (Å²) in [6.07, 6.45) is -22.9. The van der Waals surface area contributed by atoms with E-state index in [2.05, 4.69) is 8.83 Å². The van der Waals surface area contributed by atoms with Crippen LogP contribution in [0.4, 0.5) is 48.3 Å². The molecule has 0 saturated carbocycles. The first kappa shape index (κ1) is 20.2. The van der Waals surface area contributed by atoms with Gasteiger partial charge in [-0.1, -0.05) is 0 Å². The zero-order valence-corrected chi connectivity index (χ0v) is 10.6. The molecule has 0 aliphatic carbocycles. The van der Waals surface area contributed by atoms with Crippen LogP contribution in [-0.2, 0) is 11.2 Å². The summed E-state index contributed by atoms with van der Waals surface area (Å²) in [4.78, 5) is 10.4. The van der Waals surface area contributed by atoms with Crippen LogP contribution in [0.5, 0.6) is 0 Å². The monoisotopic (exact) mass is 384 g/mol.